The molecule has 2 aromatic rings. The summed E-state index contributed by atoms with van der Waals surface area (Å²) in [4.78, 5) is 35.4. The highest BCUT2D eigenvalue weighted by atomic mass is 32.1. The van der Waals surface area contributed by atoms with Crippen molar-refractivity contribution >= 4 is 28.2 Å². The van der Waals surface area contributed by atoms with Gasteiger partial charge < -0.3 is 9.72 Å². The van der Waals surface area contributed by atoms with Crippen molar-refractivity contribution in [2.45, 2.75) is 40.2 Å². The zero-order valence-corrected chi connectivity index (χ0v) is 17.4. The van der Waals surface area contributed by atoms with E-state index in [4.69, 9.17) is 4.74 Å². The normalized spacial score (nSPS) is 19.5. The predicted octanol–water partition coefficient (Wildman–Crippen LogP) is 3.02. The summed E-state index contributed by atoms with van der Waals surface area (Å²) in [6.45, 7) is 10.1. The van der Waals surface area contributed by atoms with E-state index in [-0.39, 0.29) is 17.1 Å². The molecule has 3 heterocycles. The van der Waals surface area contributed by atoms with Crippen LogP contribution in [0.2, 0.25) is 0 Å². The van der Waals surface area contributed by atoms with Crippen LogP contribution in [0.15, 0.2) is 5.38 Å². The van der Waals surface area contributed by atoms with E-state index < -0.39 is 0 Å². The van der Waals surface area contributed by atoms with E-state index in [1.807, 2.05) is 12.3 Å². The van der Waals surface area contributed by atoms with Gasteiger partial charge in [0.05, 0.1) is 18.9 Å². The number of amides is 1. The number of thiazole rings is 1. The number of rotatable bonds is 4. The lowest BCUT2D eigenvalue weighted by Gasteiger charge is -2.28. The topological polar surface area (TPSA) is 87.3 Å². The van der Waals surface area contributed by atoms with E-state index in [2.05, 4.69) is 34.0 Å². The Balaban J connectivity index is 1.47. The van der Waals surface area contributed by atoms with Crippen molar-refractivity contribution in [3.8, 4) is 0 Å². The lowest BCUT2D eigenvalue weighted by molar-refractivity contribution is 0.0337. The minimum absolute atomic E-state index is 0.0845. The number of anilines is 1. The van der Waals surface area contributed by atoms with E-state index >= 15 is 0 Å². The number of aromatic nitrogens is 2. The molecule has 0 spiro atoms. The fraction of sp³-hybridized carbons (Fsp3) is 0.550. The molecule has 28 heavy (non-hydrogen) atoms. The van der Waals surface area contributed by atoms with Gasteiger partial charge in [-0.05, 0) is 24.3 Å². The Bertz CT molecular complexity index is 909. The van der Waals surface area contributed by atoms with Gasteiger partial charge in [0.1, 0.15) is 5.69 Å². The summed E-state index contributed by atoms with van der Waals surface area (Å²) in [5.41, 5.74) is 3.62. The third-order valence-electron chi connectivity index (χ3n) is 5.39. The summed E-state index contributed by atoms with van der Waals surface area (Å²) >= 11 is 1.42. The number of carbonyl (C=O) groups is 2. The number of nitrogens with one attached hydrogen (secondary N) is 2. The first-order valence-electron chi connectivity index (χ1n) is 9.63. The molecule has 0 atom stereocenters. The van der Waals surface area contributed by atoms with Crippen molar-refractivity contribution in [2.75, 3.05) is 31.6 Å². The van der Waals surface area contributed by atoms with Crippen LogP contribution >= 0.6 is 11.3 Å². The SMILES string of the molecule is Cc1c(C(=O)Nc2nc(CN3CCOCC3)cs2)[nH]c2c1C(=O)CC(C)(C)C2. The van der Waals surface area contributed by atoms with E-state index in [1.54, 1.807) is 0 Å². The Labute approximate surface area is 168 Å². The summed E-state index contributed by atoms with van der Waals surface area (Å²) in [6, 6.07) is 0. The van der Waals surface area contributed by atoms with Crippen LogP contribution in [0, 0.1) is 12.3 Å². The van der Waals surface area contributed by atoms with Gasteiger partial charge in [-0.3, -0.25) is 19.8 Å². The number of nitrogens with zero attached hydrogens (tertiary/aromatic N) is 2. The monoisotopic (exact) mass is 402 g/mol. The van der Waals surface area contributed by atoms with Crippen molar-refractivity contribution in [1.82, 2.24) is 14.9 Å². The van der Waals surface area contributed by atoms with Crippen LogP contribution < -0.4 is 5.32 Å². The first-order valence-corrected chi connectivity index (χ1v) is 10.5. The minimum Gasteiger partial charge on any atom is -0.379 e. The van der Waals surface area contributed by atoms with Crippen molar-refractivity contribution in [3.63, 3.8) is 0 Å². The van der Waals surface area contributed by atoms with Crippen LogP contribution in [-0.2, 0) is 17.7 Å². The standard InChI is InChI=1S/C20H26N4O3S/c1-12-16-14(8-20(2,3)9-15(16)25)22-17(12)18(26)23-19-21-13(11-28-19)10-24-4-6-27-7-5-24/h11,22H,4-10H2,1-3H3,(H,21,23,26). The van der Waals surface area contributed by atoms with Gasteiger partial charge in [0, 0.05) is 42.7 Å². The number of aromatic amines is 1. The minimum atomic E-state index is -0.246. The van der Waals surface area contributed by atoms with Crippen molar-refractivity contribution < 1.29 is 14.3 Å². The highest BCUT2D eigenvalue weighted by Crippen LogP contribution is 2.36. The van der Waals surface area contributed by atoms with E-state index in [9.17, 15) is 9.59 Å². The summed E-state index contributed by atoms with van der Waals surface area (Å²) in [5.74, 6) is -0.133. The summed E-state index contributed by atoms with van der Waals surface area (Å²) in [6.07, 6.45) is 1.28. The fourth-order valence-corrected chi connectivity index (χ4v) is 4.74. The second-order valence-corrected chi connectivity index (χ2v) is 9.26. The number of H-pyrrole nitrogens is 1. The molecule has 2 aromatic heterocycles. The van der Waals surface area contributed by atoms with Gasteiger partial charge in [0.15, 0.2) is 10.9 Å². The number of hydrogen-bond donors (Lipinski definition) is 2. The Hall–Kier alpha value is -2.03. The van der Waals surface area contributed by atoms with Crippen LogP contribution in [0.25, 0.3) is 0 Å². The van der Waals surface area contributed by atoms with Crippen molar-refractivity contribution in [3.05, 3.63) is 33.6 Å². The van der Waals surface area contributed by atoms with Crippen molar-refractivity contribution in [1.29, 1.82) is 0 Å². The van der Waals surface area contributed by atoms with Gasteiger partial charge in [-0.2, -0.15) is 0 Å². The van der Waals surface area contributed by atoms with Crippen LogP contribution in [0.1, 0.15) is 58.1 Å². The largest absolute Gasteiger partial charge is 0.379 e. The predicted molar refractivity (Wildman–Crippen MR) is 108 cm³/mol. The number of Topliss-reactive ketones (excluding diaryl/α,β-unsaturated/α-hetero) is 1. The number of ketones is 1. The van der Waals surface area contributed by atoms with Crippen LogP contribution in [-0.4, -0.2) is 52.9 Å². The molecular formula is C20H26N4O3S. The molecule has 2 N–H and O–H groups in total. The molecule has 4 rings (SSSR count). The summed E-state index contributed by atoms with van der Waals surface area (Å²) < 4.78 is 5.37. The maximum absolute atomic E-state index is 12.8. The smallest absolute Gasteiger partial charge is 0.274 e. The molecule has 0 unspecified atom stereocenters. The lowest BCUT2D eigenvalue weighted by Crippen LogP contribution is -2.35. The Morgan fingerprint density at radius 2 is 2.11 bits per heavy atom. The molecule has 1 amide bonds. The summed E-state index contributed by atoms with van der Waals surface area (Å²) in [5, 5.41) is 5.44. The fourth-order valence-electron chi connectivity index (χ4n) is 4.04. The average Bonchev–Trinajstić information content (AvgIpc) is 3.19. The summed E-state index contributed by atoms with van der Waals surface area (Å²) in [7, 11) is 0. The van der Waals surface area contributed by atoms with Crippen LogP contribution in [0.3, 0.4) is 0 Å². The number of fused-ring (bicyclic) bond motifs is 1. The van der Waals surface area contributed by atoms with Gasteiger partial charge in [-0.25, -0.2) is 4.98 Å². The van der Waals surface area contributed by atoms with Gasteiger partial charge >= 0.3 is 0 Å². The zero-order chi connectivity index (χ0) is 19.9. The molecule has 1 fully saturated rings. The van der Waals surface area contributed by atoms with E-state index in [0.717, 1.165) is 56.2 Å². The molecule has 150 valence electrons. The maximum Gasteiger partial charge on any atom is 0.274 e. The van der Waals surface area contributed by atoms with Gasteiger partial charge in [0.2, 0.25) is 0 Å². The second kappa shape index (κ2) is 7.42. The molecular weight excluding hydrogens is 376 g/mol. The lowest BCUT2D eigenvalue weighted by atomic mass is 9.75. The zero-order valence-electron chi connectivity index (χ0n) is 16.6. The molecule has 1 aliphatic heterocycles. The highest BCUT2D eigenvalue weighted by Gasteiger charge is 2.35. The number of morpholine rings is 1. The highest BCUT2D eigenvalue weighted by molar-refractivity contribution is 7.14. The molecule has 1 saturated heterocycles. The Morgan fingerprint density at radius 1 is 1.36 bits per heavy atom. The first-order chi connectivity index (χ1) is 13.3. The molecule has 0 aromatic carbocycles. The molecule has 0 bridgehead atoms. The second-order valence-electron chi connectivity index (χ2n) is 8.41. The maximum atomic E-state index is 12.8. The molecule has 1 aliphatic carbocycles. The van der Waals surface area contributed by atoms with Crippen molar-refractivity contribution in [2.24, 2.45) is 5.41 Å². The first kappa shape index (κ1) is 19.3. The number of hydrogen-bond acceptors (Lipinski definition) is 6. The number of ether oxygens (including phenoxy) is 1. The van der Waals surface area contributed by atoms with Gasteiger partial charge in [-0.15, -0.1) is 11.3 Å². The van der Waals surface area contributed by atoms with Gasteiger partial charge in [-0.1, -0.05) is 13.8 Å². The average molecular weight is 403 g/mol. The number of carbonyl (C=O) groups excluding carboxylic acids is 2. The van der Waals surface area contributed by atoms with Crippen LogP contribution in [0.4, 0.5) is 5.13 Å². The van der Waals surface area contributed by atoms with Gasteiger partial charge in [0.25, 0.3) is 5.91 Å². The van der Waals surface area contributed by atoms with Crippen LogP contribution in [0.5, 0.6) is 0 Å². The Kier molecular flexibility index (Phi) is 5.11. The molecule has 0 radical (unpaired) electrons. The Morgan fingerprint density at radius 3 is 2.86 bits per heavy atom. The van der Waals surface area contributed by atoms with E-state index in [1.165, 1.54) is 11.3 Å². The molecule has 0 saturated carbocycles. The third kappa shape index (κ3) is 3.90. The molecule has 2 aliphatic rings. The molecule has 8 heteroatoms. The quantitative estimate of drug-likeness (QED) is 0.821. The molecule has 7 nitrogen and oxygen atoms in total. The van der Waals surface area contributed by atoms with E-state index in [0.29, 0.717) is 22.8 Å². The third-order valence-corrected chi connectivity index (χ3v) is 6.20.